The van der Waals surface area contributed by atoms with Crippen LogP contribution in [0.2, 0.25) is 0 Å². The van der Waals surface area contributed by atoms with E-state index in [9.17, 15) is 9.59 Å². The molecule has 0 unspecified atom stereocenters. The summed E-state index contributed by atoms with van der Waals surface area (Å²) in [5.74, 6) is 0.218. The maximum absolute atomic E-state index is 12.0. The number of nitrogens with zero attached hydrogens (tertiary/aromatic N) is 1. The summed E-state index contributed by atoms with van der Waals surface area (Å²) >= 11 is 3.83. The molecular weight excluding hydrogens is 546 g/mol. The van der Waals surface area contributed by atoms with Gasteiger partial charge in [-0.1, -0.05) is 40.2 Å². The Morgan fingerprint density at radius 3 is 2.58 bits per heavy atom. The maximum atomic E-state index is 12.0. The monoisotopic (exact) mass is 581 g/mol. The molecule has 0 N–H and O–H groups in total. The minimum atomic E-state index is -0.482. The van der Waals surface area contributed by atoms with E-state index in [1.165, 1.54) is 17.7 Å². The van der Waals surface area contributed by atoms with E-state index in [0.29, 0.717) is 12.1 Å². The Labute approximate surface area is 233 Å². The second-order valence-electron chi connectivity index (χ2n) is 10.7. The van der Waals surface area contributed by atoms with Gasteiger partial charge in [-0.3, -0.25) is 4.90 Å². The average Bonchev–Trinajstić information content (AvgIpc) is 3.23. The molecule has 0 bridgehead atoms. The number of ether oxygens (including phenoxy) is 3. The summed E-state index contributed by atoms with van der Waals surface area (Å²) in [7, 11) is 1.41. The molecule has 1 atom stereocenters. The van der Waals surface area contributed by atoms with Gasteiger partial charge < -0.3 is 14.2 Å². The van der Waals surface area contributed by atoms with Gasteiger partial charge in [0.1, 0.15) is 17.5 Å². The quantitative estimate of drug-likeness (QED) is 0.282. The molecule has 1 aliphatic heterocycles. The summed E-state index contributed by atoms with van der Waals surface area (Å²) in [4.78, 5) is 26.2. The number of hydrogen-bond acceptors (Lipinski definition) is 6. The van der Waals surface area contributed by atoms with Crippen LogP contribution in [0.15, 0.2) is 59.1 Å². The molecule has 2 aromatic rings. The van der Waals surface area contributed by atoms with Crippen LogP contribution in [-0.4, -0.2) is 55.3 Å². The maximum Gasteiger partial charge on any atom is 0.337 e. The highest BCUT2D eigenvalue weighted by Crippen LogP contribution is 2.38. The summed E-state index contributed by atoms with van der Waals surface area (Å²) in [6, 6.07) is 14.1. The van der Waals surface area contributed by atoms with Gasteiger partial charge in [0.05, 0.1) is 12.7 Å². The van der Waals surface area contributed by atoms with E-state index in [2.05, 4.69) is 33.0 Å². The molecule has 7 heteroatoms. The van der Waals surface area contributed by atoms with Crippen LogP contribution in [0, 0.1) is 0 Å². The van der Waals surface area contributed by atoms with Crippen LogP contribution in [0.4, 0.5) is 0 Å². The third-order valence-electron chi connectivity index (χ3n) is 6.61. The number of likely N-dealkylation sites (tertiary alicyclic amines) is 1. The largest absolute Gasteiger partial charge is 0.489 e. The van der Waals surface area contributed by atoms with Gasteiger partial charge in [-0.2, -0.15) is 0 Å². The predicted molar refractivity (Wildman–Crippen MR) is 153 cm³/mol. The third-order valence-corrected chi connectivity index (χ3v) is 7.40. The van der Waals surface area contributed by atoms with Crippen molar-refractivity contribution in [2.45, 2.75) is 58.2 Å². The van der Waals surface area contributed by atoms with Gasteiger partial charge in [0.25, 0.3) is 0 Å². The van der Waals surface area contributed by atoms with E-state index in [-0.39, 0.29) is 18.0 Å². The van der Waals surface area contributed by atoms with Crippen molar-refractivity contribution >= 4 is 33.4 Å². The van der Waals surface area contributed by atoms with E-state index in [0.717, 1.165) is 66.8 Å². The zero-order chi connectivity index (χ0) is 27.3. The molecular formula is C31H36BrNO5. The van der Waals surface area contributed by atoms with E-state index in [4.69, 9.17) is 14.2 Å². The molecule has 0 spiro atoms. The first-order chi connectivity index (χ1) is 18.1. The highest BCUT2D eigenvalue weighted by atomic mass is 79.9. The van der Waals surface area contributed by atoms with Gasteiger partial charge in [-0.05, 0) is 93.0 Å². The number of allylic oxidation sites excluding steroid dienone is 1. The summed E-state index contributed by atoms with van der Waals surface area (Å²) in [6.07, 6.45) is 7.27. The van der Waals surface area contributed by atoms with Crippen LogP contribution in [0.25, 0.3) is 5.57 Å². The first kappa shape index (κ1) is 28.1. The van der Waals surface area contributed by atoms with Gasteiger partial charge in [0, 0.05) is 30.2 Å². The molecule has 2 aromatic carbocycles. The van der Waals surface area contributed by atoms with Crippen LogP contribution in [0.1, 0.15) is 67.1 Å². The number of halogens is 1. The number of aryl methyl sites for hydroxylation is 1. The number of hydrogen-bond donors (Lipinski definition) is 0. The molecule has 1 aliphatic carbocycles. The number of rotatable bonds is 7. The summed E-state index contributed by atoms with van der Waals surface area (Å²) in [5, 5.41) is 0. The number of carbonyl (C=O) groups is 2. The Kier molecular flexibility index (Phi) is 9.11. The molecule has 0 amide bonds. The van der Waals surface area contributed by atoms with Crippen LogP contribution in [0.5, 0.6) is 5.75 Å². The van der Waals surface area contributed by atoms with Gasteiger partial charge in [-0.25, -0.2) is 9.59 Å². The fourth-order valence-electron chi connectivity index (χ4n) is 4.89. The van der Waals surface area contributed by atoms with Crippen molar-refractivity contribution < 1.29 is 23.8 Å². The van der Waals surface area contributed by atoms with E-state index in [1.807, 2.05) is 57.2 Å². The van der Waals surface area contributed by atoms with Gasteiger partial charge in [-0.15, -0.1) is 0 Å². The topological polar surface area (TPSA) is 65.1 Å². The van der Waals surface area contributed by atoms with Crippen molar-refractivity contribution in [3.8, 4) is 5.75 Å². The minimum Gasteiger partial charge on any atom is -0.489 e. The Bertz CT molecular complexity index is 1230. The SMILES string of the molecule is COC(=O)c1ccc2c(c1)CCCC(Br)=C2c1ccc(O[C@H]2CCN(CC=CC(=O)OC(C)(C)C)C2)cc1. The Morgan fingerprint density at radius 1 is 1.11 bits per heavy atom. The molecule has 6 nitrogen and oxygen atoms in total. The highest BCUT2D eigenvalue weighted by molar-refractivity contribution is 9.11. The Hall–Kier alpha value is -2.90. The summed E-state index contributed by atoms with van der Waals surface area (Å²) in [6.45, 7) is 8.01. The number of methoxy groups -OCH3 is 1. The Balaban J connectivity index is 1.38. The predicted octanol–water partition coefficient (Wildman–Crippen LogP) is 6.31. The van der Waals surface area contributed by atoms with Gasteiger partial charge >= 0.3 is 11.9 Å². The van der Waals surface area contributed by atoms with Crippen molar-refractivity contribution in [1.82, 2.24) is 4.90 Å². The van der Waals surface area contributed by atoms with Crippen LogP contribution in [-0.2, 0) is 20.7 Å². The first-order valence-electron chi connectivity index (χ1n) is 13.1. The van der Waals surface area contributed by atoms with Crippen molar-refractivity contribution in [3.63, 3.8) is 0 Å². The van der Waals surface area contributed by atoms with Crippen molar-refractivity contribution in [2.24, 2.45) is 0 Å². The van der Waals surface area contributed by atoms with Crippen molar-refractivity contribution in [1.29, 1.82) is 0 Å². The Morgan fingerprint density at radius 2 is 1.87 bits per heavy atom. The van der Waals surface area contributed by atoms with Gasteiger partial charge in [0.15, 0.2) is 0 Å². The number of carbonyl (C=O) groups excluding carboxylic acids is 2. The molecule has 0 radical (unpaired) electrons. The molecule has 1 saturated heterocycles. The number of benzene rings is 2. The molecule has 4 rings (SSSR count). The van der Waals surface area contributed by atoms with Crippen LogP contribution < -0.4 is 4.74 Å². The standard InChI is InChI=1S/C31H36BrNO5/c1-31(2,3)38-28(34)9-6-17-33-18-16-25(20-33)37-24-13-10-21(11-14-24)29-26-15-12-23(30(35)36-4)19-22(26)7-5-8-27(29)32/h6,9-15,19,25H,5,7-8,16-18,20H2,1-4H3/t25-/m0/s1. The lowest BCUT2D eigenvalue weighted by molar-refractivity contribution is -0.148. The lowest BCUT2D eigenvalue weighted by atomic mass is 9.92. The average molecular weight is 583 g/mol. The zero-order valence-electron chi connectivity index (χ0n) is 22.6. The molecule has 0 saturated carbocycles. The van der Waals surface area contributed by atoms with E-state index in [1.54, 1.807) is 0 Å². The molecule has 38 heavy (non-hydrogen) atoms. The summed E-state index contributed by atoms with van der Waals surface area (Å²) < 4.78 is 17.7. The molecule has 1 heterocycles. The van der Waals surface area contributed by atoms with Crippen molar-refractivity contribution in [2.75, 3.05) is 26.7 Å². The highest BCUT2D eigenvalue weighted by Gasteiger charge is 2.24. The molecule has 2 aliphatic rings. The lowest BCUT2D eigenvalue weighted by Crippen LogP contribution is -2.25. The molecule has 202 valence electrons. The number of esters is 2. The van der Waals surface area contributed by atoms with Crippen molar-refractivity contribution in [3.05, 3.63) is 81.4 Å². The molecule has 1 fully saturated rings. The van der Waals surface area contributed by atoms with Crippen LogP contribution >= 0.6 is 15.9 Å². The third kappa shape index (κ3) is 7.35. The van der Waals surface area contributed by atoms with E-state index < -0.39 is 5.60 Å². The smallest absolute Gasteiger partial charge is 0.337 e. The van der Waals surface area contributed by atoms with Crippen LogP contribution in [0.3, 0.4) is 0 Å². The minimum absolute atomic E-state index is 0.108. The van der Waals surface area contributed by atoms with E-state index >= 15 is 0 Å². The fraction of sp³-hybridized carbons (Fsp3) is 0.419. The normalized spacial score (nSPS) is 18.3. The first-order valence-corrected chi connectivity index (χ1v) is 13.9. The van der Waals surface area contributed by atoms with Gasteiger partial charge in [0.2, 0.25) is 0 Å². The second kappa shape index (κ2) is 12.3. The number of fused-ring (bicyclic) bond motifs is 1. The summed E-state index contributed by atoms with van der Waals surface area (Å²) in [5.41, 5.74) is 4.66. The second-order valence-corrected chi connectivity index (χ2v) is 11.7. The zero-order valence-corrected chi connectivity index (χ0v) is 24.2. The lowest BCUT2D eigenvalue weighted by Gasteiger charge is -2.18. The fourth-order valence-corrected chi connectivity index (χ4v) is 5.61. The molecule has 0 aromatic heterocycles.